The third-order valence-electron chi connectivity index (χ3n) is 1.82. The minimum Gasteiger partial charge on any atom is -0.356 e. The Morgan fingerprint density at radius 1 is 1.33 bits per heavy atom. The fraction of sp³-hybridized carbons (Fsp3) is 0.111. The molecule has 0 radical (unpaired) electrons. The Morgan fingerprint density at radius 2 is 2.17 bits per heavy atom. The molecule has 0 amide bonds. The number of benzene rings is 1. The summed E-state index contributed by atoms with van der Waals surface area (Å²) in [7, 11) is 0. The van der Waals surface area contributed by atoms with Crippen LogP contribution in [0.1, 0.15) is 5.69 Å². The highest BCUT2D eigenvalue weighted by atomic mass is 16.6. The van der Waals surface area contributed by atoms with Crippen LogP contribution in [0.4, 0.5) is 0 Å². The molecule has 1 heterocycles. The van der Waals surface area contributed by atoms with E-state index in [4.69, 9.17) is 5.90 Å². The molecule has 12 heavy (non-hydrogen) atoms. The lowest BCUT2D eigenvalue weighted by Crippen LogP contribution is -1.98. The molecular formula is C9H10N2O. The maximum absolute atomic E-state index is 4.96. The second-order valence-electron chi connectivity index (χ2n) is 2.69. The summed E-state index contributed by atoms with van der Waals surface area (Å²) in [5.74, 6) is 4.96. The maximum atomic E-state index is 4.96. The molecule has 0 aliphatic carbocycles. The topological polar surface area (TPSA) is 51.0 Å². The Labute approximate surface area is 70.1 Å². The highest BCUT2D eigenvalue weighted by Crippen LogP contribution is 2.14. The second kappa shape index (κ2) is 2.97. The molecule has 3 nitrogen and oxygen atoms in total. The minimum atomic E-state index is 0.425. The monoisotopic (exact) mass is 162 g/mol. The van der Waals surface area contributed by atoms with Crippen LogP contribution < -0.4 is 5.90 Å². The molecular weight excluding hydrogens is 152 g/mol. The number of nitrogens with one attached hydrogen (secondary N) is 1. The van der Waals surface area contributed by atoms with Gasteiger partial charge in [0.2, 0.25) is 0 Å². The van der Waals surface area contributed by atoms with Gasteiger partial charge in [-0.3, -0.25) is 4.84 Å². The molecule has 0 spiro atoms. The molecule has 0 saturated heterocycles. The van der Waals surface area contributed by atoms with E-state index in [2.05, 4.69) is 9.82 Å². The Hall–Kier alpha value is -1.32. The van der Waals surface area contributed by atoms with Crippen LogP contribution in [-0.2, 0) is 11.4 Å². The maximum Gasteiger partial charge on any atom is 0.108 e. The predicted molar refractivity (Wildman–Crippen MR) is 47.3 cm³/mol. The molecule has 0 aliphatic heterocycles. The van der Waals surface area contributed by atoms with E-state index in [-0.39, 0.29) is 0 Å². The normalized spacial score (nSPS) is 10.8. The summed E-state index contributed by atoms with van der Waals surface area (Å²) in [5.41, 5.74) is 2.11. The van der Waals surface area contributed by atoms with Crippen LogP contribution in [0.15, 0.2) is 30.3 Å². The second-order valence-corrected chi connectivity index (χ2v) is 2.69. The van der Waals surface area contributed by atoms with Gasteiger partial charge in [-0.15, -0.1) is 0 Å². The van der Waals surface area contributed by atoms with Gasteiger partial charge in [0.25, 0.3) is 0 Å². The van der Waals surface area contributed by atoms with Crippen molar-refractivity contribution < 1.29 is 4.84 Å². The van der Waals surface area contributed by atoms with Gasteiger partial charge in [-0.05, 0) is 17.5 Å². The van der Waals surface area contributed by atoms with Crippen molar-refractivity contribution in [2.75, 3.05) is 0 Å². The van der Waals surface area contributed by atoms with E-state index in [0.29, 0.717) is 6.61 Å². The average Bonchev–Trinajstić information content (AvgIpc) is 2.47. The lowest BCUT2D eigenvalue weighted by atomic mass is 10.2. The quantitative estimate of drug-likeness (QED) is 0.658. The van der Waals surface area contributed by atoms with Crippen molar-refractivity contribution in [1.29, 1.82) is 0 Å². The first-order chi connectivity index (χ1) is 5.90. The lowest BCUT2D eigenvalue weighted by molar-refractivity contribution is 0.122. The zero-order valence-corrected chi connectivity index (χ0v) is 6.58. The van der Waals surface area contributed by atoms with Gasteiger partial charge in [0.1, 0.15) is 6.61 Å². The molecule has 2 aromatic rings. The standard InChI is InChI=1S/C9H10N2O/c10-12-6-8-5-7-3-1-2-4-9(7)11-8/h1-5,11H,6,10H2. The van der Waals surface area contributed by atoms with Crippen molar-refractivity contribution >= 4 is 10.9 Å². The number of H-pyrrole nitrogens is 1. The van der Waals surface area contributed by atoms with E-state index in [0.717, 1.165) is 11.2 Å². The number of aromatic nitrogens is 1. The molecule has 1 aromatic heterocycles. The average molecular weight is 162 g/mol. The summed E-state index contributed by atoms with van der Waals surface area (Å²) < 4.78 is 0. The van der Waals surface area contributed by atoms with E-state index < -0.39 is 0 Å². The predicted octanol–water partition coefficient (Wildman–Crippen LogP) is 1.56. The van der Waals surface area contributed by atoms with Gasteiger partial charge in [-0.1, -0.05) is 18.2 Å². The van der Waals surface area contributed by atoms with Crippen molar-refractivity contribution in [2.24, 2.45) is 5.90 Å². The summed E-state index contributed by atoms with van der Waals surface area (Å²) in [5, 5.41) is 1.18. The SMILES string of the molecule is NOCc1cc2ccccc2[nH]1. The van der Waals surface area contributed by atoms with E-state index in [1.807, 2.05) is 30.3 Å². The first-order valence-electron chi connectivity index (χ1n) is 3.78. The van der Waals surface area contributed by atoms with Gasteiger partial charge in [0.05, 0.1) is 0 Å². The Morgan fingerprint density at radius 3 is 2.92 bits per heavy atom. The smallest absolute Gasteiger partial charge is 0.108 e. The Balaban J connectivity index is 2.47. The van der Waals surface area contributed by atoms with Gasteiger partial charge in [0.15, 0.2) is 0 Å². The van der Waals surface area contributed by atoms with Crippen LogP contribution in [0.5, 0.6) is 0 Å². The molecule has 0 aliphatic rings. The first kappa shape index (κ1) is 7.34. The fourth-order valence-corrected chi connectivity index (χ4v) is 1.30. The molecule has 0 fully saturated rings. The third kappa shape index (κ3) is 1.20. The van der Waals surface area contributed by atoms with Gasteiger partial charge >= 0.3 is 0 Å². The van der Waals surface area contributed by atoms with E-state index >= 15 is 0 Å². The molecule has 0 atom stereocenters. The molecule has 2 rings (SSSR count). The first-order valence-corrected chi connectivity index (χ1v) is 3.78. The summed E-state index contributed by atoms with van der Waals surface area (Å²) in [4.78, 5) is 7.72. The summed E-state index contributed by atoms with van der Waals surface area (Å²) in [6.45, 7) is 0.425. The van der Waals surface area contributed by atoms with Crippen molar-refractivity contribution in [3.8, 4) is 0 Å². The molecule has 62 valence electrons. The van der Waals surface area contributed by atoms with Gasteiger partial charge in [-0.25, -0.2) is 5.90 Å². The molecule has 1 aromatic carbocycles. The highest BCUT2D eigenvalue weighted by Gasteiger charge is 1.97. The molecule has 0 saturated carbocycles. The zero-order chi connectivity index (χ0) is 8.39. The summed E-state index contributed by atoms with van der Waals surface area (Å²) >= 11 is 0. The largest absolute Gasteiger partial charge is 0.356 e. The van der Waals surface area contributed by atoms with Gasteiger partial charge in [-0.2, -0.15) is 0 Å². The molecule has 0 unspecified atom stereocenters. The third-order valence-corrected chi connectivity index (χ3v) is 1.82. The van der Waals surface area contributed by atoms with Crippen LogP contribution in [-0.4, -0.2) is 4.98 Å². The van der Waals surface area contributed by atoms with E-state index in [9.17, 15) is 0 Å². The van der Waals surface area contributed by atoms with Gasteiger partial charge < -0.3 is 4.98 Å². The van der Waals surface area contributed by atoms with Crippen molar-refractivity contribution in [3.63, 3.8) is 0 Å². The number of hydrogen-bond acceptors (Lipinski definition) is 2. The van der Waals surface area contributed by atoms with E-state index in [1.54, 1.807) is 0 Å². The number of fused-ring (bicyclic) bond motifs is 1. The van der Waals surface area contributed by atoms with Crippen LogP contribution in [0.2, 0.25) is 0 Å². The van der Waals surface area contributed by atoms with Crippen molar-refractivity contribution in [3.05, 3.63) is 36.0 Å². The number of hydrogen-bond donors (Lipinski definition) is 2. The minimum absolute atomic E-state index is 0.425. The summed E-state index contributed by atoms with van der Waals surface area (Å²) in [6.07, 6.45) is 0. The number of para-hydroxylation sites is 1. The number of aromatic amines is 1. The van der Waals surface area contributed by atoms with Crippen LogP contribution in [0.3, 0.4) is 0 Å². The van der Waals surface area contributed by atoms with Crippen LogP contribution in [0, 0.1) is 0 Å². The van der Waals surface area contributed by atoms with Crippen LogP contribution >= 0.6 is 0 Å². The highest BCUT2D eigenvalue weighted by molar-refractivity contribution is 5.80. The lowest BCUT2D eigenvalue weighted by Gasteiger charge is -1.90. The molecule has 0 bridgehead atoms. The molecule has 3 N–H and O–H groups in total. The van der Waals surface area contributed by atoms with Crippen molar-refractivity contribution in [1.82, 2.24) is 4.98 Å². The van der Waals surface area contributed by atoms with Gasteiger partial charge in [0, 0.05) is 11.2 Å². The van der Waals surface area contributed by atoms with Crippen molar-refractivity contribution in [2.45, 2.75) is 6.61 Å². The zero-order valence-electron chi connectivity index (χ0n) is 6.58. The number of rotatable bonds is 2. The Bertz CT molecular complexity index is 348. The number of nitrogens with two attached hydrogens (primary N) is 1. The molecule has 3 heteroatoms. The summed E-state index contributed by atoms with van der Waals surface area (Å²) in [6, 6.07) is 10.1. The Kier molecular flexibility index (Phi) is 1.81. The van der Waals surface area contributed by atoms with Crippen LogP contribution in [0.25, 0.3) is 10.9 Å². The fourth-order valence-electron chi connectivity index (χ4n) is 1.30. The van der Waals surface area contributed by atoms with E-state index in [1.165, 1.54) is 5.39 Å².